The summed E-state index contributed by atoms with van der Waals surface area (Å²) in [5, 5.41) is 0.986. The Morgan fingerprint density at radius 1 is 1.05 bits per heavy atom. The normalized spacial score (nSPS) is 14.4. The lowest BCUT2D eigenvalue weighted by atomic mass is 10.2. The smallest absolute Gasteiger partial charge is 0.201 e. The van der Waals surface area contributed by atoms with Gasteiger partial charge in [0.2, 0.25) is 5.96 Å². The van der Waals surface area contributed by atoms with Gasteiger partial charge in [-0.1, -0.05) is 53.0 Å². The summed E-state index contributed by atoms with van der Waals surface area (Å²) in [6.45, 7) is 0.799. The molecule has 2 aromatic carbocycles. The van der Waals surface area contributed by atoms with E-state index in [2.05, 4.69) is 11.1 Å². The molecule has 2 N–H and O–H groups in total. The fourth-order valence-electron chi connectivity index (χ4n) is 2.36. The average molecular weight is 341 g/mol. The molecule has 1 aliphatic rings. The first-order valence-corrected chi connectivity index (χ1v) is 7.54. The van der Waals surface area contributed by atoms with Gasteiger partial charge in [0, 0.05) is 12.2 Å². The van der Waals surface area contributed by atoms with Crippen LogP contribution in [0.3, 0.4) is 0 Å². The third-order valence-electron chi connectivity index (χ3n) is 3.41. The summed E-state index contributed by atoms with van der Waals surface area (Å²) >= 11 is 18.1. The molecule has 0 atom stereocenters. The van der Waals surface area contributed by atoms with E-state index < -0.39 is 0 Å². The summed E-state index contributed by atoms with van der Waals surface area (Å²) in [5.74, 6) is 0.389. The minimum atomic E-state index is 0.286. The van der Waals surface area contributed by atoms with Gasteiger partial charge in [0.1, 0.15) is 0 Å². The minimum Gasteiger partial charge on any atom is -0.369 e. The summed E-state index contributed by atoms with van der Waals surface area (Å²) in [6.07, 6.45) is 0.946. The number of nitrogens with zero attached hydrogens (tertiary/aromatic N) is 2. The van der Waals surface area contributed by atoms with Crippen LogP contribution in [0.2, 0.25) is 15.1 Å². The van der Waals surface area contributed by atoms with E-state index in [0.717, 1.165) is 18.7 Å². The van der Waals surface area contributed by atoms with Gasteiger partial charge >= 0.3 is 0 Å². The van der Waals surface area contributed by atoms with Crippen molar-refractivity contribution in [1.82, 2.24) is 0 Å². The van der Waals surface area contributed by atoms with Crippen molar-refractivity contribution in [2.75, 3.05) is 11.4 Å². The maximum absolute atomic E-state index is 6.15. The molecule has 0 amide bonds. The number of aliphatic imine (C=N–C) groups is 1. The second-order valence-corrected chi connectivity index (χ2v) is 5.86. The number of fused-ring (bicyclic) bond motifs is 1. The van der Waals surface area contributed by atoms with Crippen molar-refractivity contribution in [2.24, 2.45) is 10.7 Å². The summed E-state index contributed by atoms with van der Waals surface area (Å²) in [5.41, 5.74) is 8.97. The molecule has 0 bridgehead atoms. The molecular formula is C15H12Cl3N3. The number of benzene rings is 2. The highest BCUT2D eigenvalue weighted by Crippen LogP contribution is 2.37. The number of para-hydroxylation sites is 1. The van der Waals surface area contributed by atoms with Crippen molar-refractivity contribution in [3.63, 3.8) is 0 Å². The highest BCUT2D eigenvalue weighted by atomic mass is 35.5. The van der Waals surface area contributed by atoms with Crippen molar-refractivity contribution in [3.8, 4) is 0 Å². The molecule has 1 heterocycles. The Labute approximate surface area is 137 Å². The molecule has 0 unspecified atom stereocenters. The van der Waals surface area contributed by atoms with Crippen molar-refractivity contribution >= 4 is 52.1 Å². The lowest BCUT2D eigenvalue weighted by Crippen LogP contribution is -2.35. The van der Waals surface area contributed by atoms with E-state index in [4.69, 9.17) is 40.5 Å². The molecule has 3 rings (SSSR count). The van der Waals surface area contributed by atoms with Crippen LogP contribution in [0.1, 0.15) is 5.56 Å². The molecule has 0 saturated carbocycles. The largest absolute Gasteiger partial charge is 0.369 e. The van der Waals surface area contributed by atoms with Crippen LogP contribution in [0.15, 0.2) is 41.4 Å². The SMILES string of the molecule is NC(=Nc1ccc(Cl)c(Cl)c1Cl)N1CCc2ccccc21. The minimum absolute atomic E-state index is 0.286. The summed E-state index contributed by atoms with van der Waals surface area (Å²) in [7, 11) is 0. The van der Waals surface area contributed by atoms with Crippen LogP contribution >= 0.6 is 34.8 Å². The first kappa shape index (κ1) is 14.5. The zero-order valence-electron chi connectivity index (χ0n) is 11.0. The van der Waals surface area contributed by atoms with Crippen LogP contribution in [-0.2, 0) is 6.42 Å². The van der Waals surface area contributed by atoms with Crippen molar-refractivity contribution in [1.29, 1.82) is 0 Å². The Kier molecular flexibility index (Phi) is 3.98. The molecule has 0 saturated heterocycles. The Bertz CT molecular complexity index is 728. The van der Waals surface area contributed by atoms with Gasteiger partial charge in [-0.05, 0) is 30.2 Å². The number of hydrogen-bond acceptors (Lipinski definition) is 1. The maximum atomic E-state index is 6.15. The van der Waals surface area contributed by atoms with Crippen molar-refractivity contribution < 1.29 is 0 Å². The second kappa shape index (κ2) is 5.76. The third kappa shape index (κ3) is 2.69. The number of nitrogens with two attached hydrogens (primary N) is 1. The Balaban J connectivity index is 1.97. The number of hydrogen-bond donors (Lipinski definition) is 1. The van der Waals surface area contributed by atoms with E-state index in [1.54, 1.807) is 12.1 Å². The molecule has 2 aromatic rings. The van der Waals surface area contributed by atoms with Crippen LogP contribution in [0, 0.1) is 0 Å². The fourth-order valence-corrected chi connectivity index (χ4v) is 2.93. The fraction of sp³-hybridized carbons (Fsp3) is 0.133. The highest BCUT2D eigenvalue weighted by Gasteiger charge is 2.21. The van der Waals surface area contributed by atoms with Gasteiger partial charge in [-0.2, -0.15) is 0 Å². The average Bonchev–Trinajstić information content (AvgIpc) is 2.92. The van der Waals surface area contributed by atoms with Gasteiger partial charge in [-0.25, -0.2) is 4.99 Å². The summed E-state index contributed by atoms with van der Waals surface area (Å²) in [6, 6.07) is 11.5. The quantitative estimate of drug-likeness (QED) is 0.466. The van der Waals surface area contributed by atoms with Gasteiger partial charge < -0.3 is 10.6 Å². The van der Waals surface area contributed by atoms with E-state index in [-0.39, 0.29) is 5.02 Å². The zero-order valence-corrected chi connectivity index (χ0v) is 13.3. The molecule has 0 aromatic heterocycles. The van der Waals surface area contributed by atoms with E-state index in [1.165, 1.54) is 5.56 Å². The van der Waals surface area contributed by atoms with Gasteiger partial charge in [-0.15, -0.1) is 0 Å². The van der Waals surface area contributed by atoms with Crippen LogP contribution in [0.25, 0.3) is 0 Å². The van der Waals surface area contributed by atoms with E-state index in [0.29, 0.717) is 21.7 Å². The summed E-state index contributed by atoms with van der Waals surface area (Å²) in [4.78, 5) is 6.35. The predicted octanol–water partition coefficient (Wildman–Crippen LogP) is 4.66. The maximum Gasteiger partial charge on any atom is 0.201 e. The van der Waals surface area contributed by atoms with E-state index in [1.807, 2.05) is 23.1 Å². The molecule has 0 fully saturated rings. The predicted molar refractivity (Wildman–Crippen MR) is 90.2 cm³/mol. The third-order valence-corrected chi connectivity index (χ3v) is 4.70. The Hall–Kier alpha value is -1.42. The monoisotopic (exact) mass is 339 g/mol. The van der Waals surface area contributed by atoms with Crippen LogP contribution < -0.4 is 10.6 Å². The molecule has 21 heavy (non-hydrogen) atoms. The lowest BCUT2D eigenvalue weighted by molar-refractivity contribution is 1.01. The van der Waals surface area contributed by atoms with Crippen LogP contribution in [-0.4, -0.2) is 12.5 Å². The molecular weight excluding hydrogens is 329 g/mol. The molecule has 0 spiro atoms. The first-order chi connectivity index (χ1) is 10.1. The van der Waals surface area contributed by atoms with E-state index in [9.17, 15) is 0 Å². The van der Waals surface area contributed by atoms with Crippen molar-refractivity contribution in [2.45, 2.75) is 6.42 Å². The molecule has 6 heteroatoms. The highest BCUT2D eigenvalue weighted by molar-refractivity contribution is 6.49. The number of anilines is 1. The van der Waals surface area contributed by atoms with Gasteiger partial charge in [0.15, 0.2) is 0 Å². The number of rotatable bonds is 1. The standard InChI is InChI=1S/C15H12Cl3N3/c16-10-5-6-11(14(18)13(10)17)20-15(19)21-8-7-9-3-1-2-4-12(9)21/h1-6H,7-8H2,(H2,19,20). The van der Waals surface area contributed by atoms with Crippen LogP contribution in [0.5, 0.6) is 0 Å². The lowest BCUT2D eigenvalue weighted by Gasteiger charge is -2.18. The van der Waals surface area contributed by atoms with Crippen molar-refractivity contribution in [3.05, 3.63) is 57.0 Å². The van der Waals surface area contributed by atoms with E-state index >= 15 is 0 Å². The zero-order chi connectivity index (χ0) is 15.0. The molecule has 3 nitrogen and oxygen atoms in total. The van der Waals surface area contributed by atoms with Gasteiger partial charge in [0.25, 0.3) is 0 Å². The Morgan fingerprint density at radius 3 is 2.62 bits per heavy atom. The van der Waals surface area contributed by atoms with Crippen LogP contribution in [0.4, 0.5) is 11.4 Å². The van der Waals surface area contributed by atoms with Gasteiger partial charge in [0.05, 0.1) is 20.8 Å². The topological polar surface area (TPSA) is 41.6 Å². The first-order valence-electron chi connectivity index (χ1n) is 6.41. The molecule has 0 aliphatic carbocycles. The second-order valence-electron chi connectivity index (χ2n) is 4.69. The van der Waals surface area contributed by atoms with Gasteiger partial charge in [-0.3, -0.25) is 0 Å². The summed E-state index contributed by atoms with van der Waals surface area (Å²) < 4.78 is 0. The molecule has 108 valence electrons. The molecule has 1 aliphatic heterocycles. The number of halogens is 3. The molecule has 0 radical (unpaired) electrons. The number of guanidine groups is 1. The Morgan fingerprint density at radius 2 is 1.81 bits per heavy atom.